The first-order chi connectivity index (χ1) is 14.0. The molecular weight excluding hydrogens is 516 g/mol. The van der Waals surface area contributed by atoms with Crippen molar-refractivity contribution in [1.29, 1.82) is 0 Å². The Labute approximate surface area is 191 Å². The summed E-state index contributed by atoms with van der Waals surface area (Å²) in [5.41, 5.74) is 4.34. The van der Waals surface area contributed by atoms with Crippen molar-refractivity contribution in [2.24, 2.45) is 4.99 Å². The molecule has 0 N–H and O–H groups in total. The molecule has 0 saturated carbocycles. The summed E-state index contributed by atoms with van der Waals surface area (Å²) in [6.45, 7) is 4.01. The average molecular weight is 534 g/mol. The molecule has 0 spiro atoms. The Morgan fingerprint density at radius 3 is 2.62 bits per heavy atom. The van der Waals surface area contributed by atoms with Crippen molar-refractivity contribution >= 4 is 60.5 Å². The minimum absolute atomic E-state index is 0.316. The number of rotatable bonds is 4. The van der Waals surface area contributed by atoms with Crippen LogP contribution in [0.1, 0.15) is 31.0 Å². The van der Waals surface area contributed by atoms with E-state index in [0.717, 1.165) is 30.9 Å². The number of carbonyl (C=O) groups is 1. The third kappa shape index (κ3) is 3.96. The fraction of sp³-hybridized carbons (Fsp3) is 0.182. The van der Waals surface area contributed by atoms with Gasteiger partial charge in [0.05, 0.1) is 29.6 Å². The fourth-order valence-electron chi connectivity index (χ4n) is 3.47. The lowest BCUT2D eigenvalue weighted by molar-refractivity contribution is -0.139. The number of nitrogens with zero attached hydrogens (tertiary/aromatic N) is 2. The maximum atomic E-state index is 12.9. The molecule has 0 bridgehead atoms. The first-order valence-electron chi connectivity index (χ1n) is 9.13. The molecular formula is C22H18Br2N2O2S. The van der Waals surface area contributed by atoms with E-state index in [4.69, 9.17) is 9.73 Å². The van der Waals surface area contributed by atoms with Crippen molar-refractivity contribution in [2.75, 3.05) is 6.61 Å². The molecule has 2 heterocycles. The topological polar surface area (TPSA) is 41.9 Å². The Bertz CT molecular complexity index is 1060. The number of amidine groups is 1. The molecule has 4 rings (SSSR count). The highest BCUT2D eigenvalue weighted by Crippen LogP contribution is 2.47. The maximum absolute atomic E-state index is 12.9. The lowest BCUT2D eigenvalue weighted by Gasteiger charge is -2.36. The second kappa shape index (κ2) is 8.50. The van der Waals surface area contributed by atoms with E-state index in [1.54, 1.807) is 11.8 Å². The zero-order valence-electron chi connectivity index (χ0n) is 15.9. The predicted octanol–water partition coefficient (Wildman–Crippen LogP) is 6.51. The van der Waals surface area contributed by atoms with E-state index in [-0.39, 0.29) is 12.0 Å². The summed E-state index contributed by atoms with van der Waals surface area (Å²) >= 11 is 8.63. The third-order valence-electron chi connectivity index (χ3n) is 4.73. The SMILES string of the molecule is CCOC(=O)C1=C(C)N=C2SC=C(c3ccc(Br)cc3)N2[C@@H]1c1cccc(Br)c1. The van der Waals surface area contributed by atoms with Crippen molar-refractivity contribution in [3.8, 4) is 0 Å². The van der Waals surface area contributed by atoms with Crippen LogP contribution in [-0.2, 0) is 9.53 Å². The average Bonchev–Trinajstić information content (AvgIpc) is 3.11. The highest BCUT2D eigenvalue weighted by molar-refractivity contribution is 9.10. The highest BCUT2D eigenvalue weighted by atomic mass is 79.9. The number of esters is 1. The molecule has 1 atom stereocenters. The summed E-state index contributed by atoms with van der Waals surface area (Å²) in [5, 5.41) is 2.95. The Hall–Kier alpha value is -1.83. The number of allylic oxidation sites excluding steroid dienone is 1. The van der Waals surface area contributed by atoms with Crippen molar-refractivity contribution in [2.45, 2.75) is 19.9 Å². The molecule has 0 saturated heterocycles. The molecule has 29 heavy (non-hydrogen) atoms. The predicted molar refractivity (Wildman–Crippen MR) is 125 cm³/mol. The molecule has 2 aromatic rings. The minimum Gasteiger partial charge on any atom is -0.463 e. The van der Waals surface area contributed by atoms with Crippen LogP contribution in [0.4, 0.5) is 0 Å². The van der Waals surface area contributed by atoms with Gasteiger partial charge in [0.15, 0.2) is 5.17 Å². The molecule has 0 aromatic heterocycles. The van der Waals surface area contributed by atoms with Crippen molar-refractivity contribution < 1.29 is 9.53 Å². The molecule has 2 aliphatic rings. The molecule has 7 heteroatoms. The van der Waals surface area contributed by atoms with Gasteiger partial charge in [0.25, 0.3) is 0 Å². The number of thioether (sulfide) groups is 1. The number of hydrogen-bond acceptors (Lipinski definition) is 5. The van der Waals surface area contributed by atoms with Crippen molar-refractivity contribution in [1.82, 2.24) is 4.90 Å². The lowest BCUT2D eigenvalue weighted by atomic mass is 9.93. The van der Waals surface area contributed by atoms with Gasteiger partial charge in [0, 0.05) is 14.4 Å². The smallest absolute Gasteiger partial charge is 0.338 e. The molecule has 0 amide bonds. The van der Waals surface area contributed by atoms with Gasteiger partial charge in [0.1, 0.15) is 0 Å². The monoisotopic (exact) mass is 532 g/mol. The van der Waals surface area contributed by atoms with Gasteiger partial charge < -0.3 is 9.64 Å². The molecule has 0 aliphatic carbocycles. The van der Waals surface area contributed by atoms with Crippen molar-refractivity contribution in [3.05, 3.63) is 85.3 Å². The van der Waals surface area contributed by atoms with E-state index >= 15 is 0 Å². The number of fused-ring (bicyclic) bond motifs is 1. The largest absolute Gasteiger partial charge is 0.463 e. The van der Waals surface area contributed by atoms with Crippen LogP contribution in [0.5, 0.6) is 0 Å². The minimum atomic E-state index is -0.329. The van der Waals surface area contributed by atoms with Crippen LogP contribution in [0.15, 0.2) is 79.1 Å². The van der Waals surface area contributed by atoms with Crippen LogP contribution in [0.25, 0.3) is 5.70 Å². The summed E-state index contributed by atoms with van der Waals surface area (Å²) in [6.07, 6.45) is 0. The molecule has 0 radical (unpaired) electrons. The molecule has 0 fully saturated rings. The van der Waals surface area contributed by atoms with Gasteiger partial charge in [-0.2, -0.15) is 0 Å². The molecule has 0 unspecified atom stereocenters. The number of aliphatic imine (C=N–C) groups is 1. The first-order valence-corrected chi connectivity index (χ1v) is 11.6. The normalized spacial score (nSPS) is 18.3. The maximum Gasteiger partial charge on any atom is 0.338 e. The van der Waals surface area contributed by atoms with Gasteiger partial charge in [-0.3, -0.25) is 0 Å². The van der Waals surface area contributed by atoms with E-state index in [9.17, 15) is 4.79 Å². The standard InChI is InChI=1S/C22H18Br2N2O2S/c1-3-28-21(27)19-13(2)25-22-26(20(19)15-5-4-6-17(24)11-15)18(12-29-22)14-7-9-16(23)10-8-14/h4-12,20H,3H2,1-2H3/t20-/m1/s1. The molecule has 4 nitrogen and oxygen atoms in total. The van der Waals surface area contributed by atoms with Crippen LogP contribution in [-0.4, -0.2) is 22.6 Å². The quantitative estimate of drug-likeness (QED) is 0.420. The van der Waals surface area contributed by atoms with E-state index in [1.165, 1.54) is 0 Å². The Balaban J connectivity index is 1.86. The summed E-state index contributed by atoms with van der Waals surface area (Å²) in [6, 6.07) is 15.9. The van der Waals surface area contributed by atoms with Crippen LogP contribution in [0.3, 0.4) is 0 Å². The number of carbonyl (C=O) groups excluding carboxylic acids is 1. The van der Waals surface area contributed by atoms with E-state index < -0.39 is 0 Å². The van der Waals surface area contributed by atoms with Gasteiger partial charge >= 0.3 is 5.97 Å². The van der Waals surface area contributed by atoms with Gasteiger partial charge in [-0.25, -0.2) is 9.79 Å². The number of halogens is 2. The Kier molecular flexibility index (Phi) is 5.99. The number of hydrogen-bond donors (Lipinski definition) is 0. The van der Waals surface area contributed by atoms with Gasteiger partial charge in [-0.15, -0.1) is 0 Å². The Morgan fingerprint density at radius 2 is 1.93 bits per heavy atom. The van der Waals surface area contributed by atoms with Gasteiger partial charge in [-0.1, -0.05) is 67.9 Å². The van der Waals surface area contributed by atoms with Crippen molar-refractivity contribution in [3.63, 3.8) is 0 Å². The zero-order valence-corrected chi connectivity index (χ0v) is 19.8. The summed E-state index contributed by atoms with van der Waals surface area (Å²) in [4.78, 5) is 19.8. The number of ether oxygens (including phenoxy) is 1. The van der Waals surface area contributed by atoms with E-state index in [0.29, 0.717) is 17.9 Å². The fourth-order valence-corrected chi connectivity index (χ4v) is 5.13. The zero-order chi connectivity index (χ0) is 20.5. The van der Waals surface area contributed by atoms with Gasteiger partial charge in [0.2, 0.25) is 0 Å². The number of benzene rings is 2. The summed E-state index contributed by atoms with van der Waals surface area (Å²) in [5.74, 6) is -0.329. The van der Waals surface area contributed by atoms with Crippen LogP contribution in [0, 0.1) is 0 Å². The molecule has 2 aliphatic heterocycles. The van der Waals surface area contributed by atoms with Crippen LogP contribution < -0.4 is 0 Å². The summed E-state index contributed by atoms with van der Waals surface area (Å²) in [7, 11) is 0. The third-order valence-corrected chi connectivity index (χ3v) is 6.59. The second-order valence-electron chi connectivity index (χ2n) is 6.57. The summed E-state index contributed by atoms with van der Waals surface area (Å²) < 4.78 is 7.38. The van der Waals surface area contributed by atoms with E-state index in [1.807, 2.05) is 50.2 Å². The Morgan fingerprint density at radius 1 is 1.17 bits per heavy atom. The van der Waals surface area contributed by atoms with Crippen LogP contribution in [0.2, 0.25) is 0 Å². The molecule has 148 valence electrons. The first kappa shape index (κ1) is 20.4. The lowest BCUT2D eigenvalue weighted by Crippen LogP contribution is -2.36. The highest BCUT2D eigenvalue weighted by Gasteiger charge is 2.41. The second-order valence-corrected chi connectivity index (χ2v) is 9.24. The van der Waals surface area contributed by atoms with E-state index in [2.05, 4.69) is 54.3 Å². The van der Waals surface area contributed by atoms with Gasteiger partial charge in [-0.05, 0) is 49.2 Å². The van der Waals surface area contributed by atoms with Crippen LogP contribution >= 0.6 is 43.6 Å². The molecule has 2 aromatic carbocycles.